The van der Waals surface area contributed by atoms with Gasteiger partial charge >= 0.3 is 0 Å². The van der Waals surface area contributed by atoms with Crippen LogP contribution in [-0.2, 0) is 6.54 Å². The maximum absolute atomic E-state index is 13.3. The second-order valence-electron chi connectivity index (χ2n) is 6.19. The van der Waals surface area contributed by atoms with Crippen LogP contribution < -0.4 is 15.4 Å². The molecule has 1 aromatic carbocycles. The van der Waals surface area contributed by atoms with Crippen LogP contribution in [0.1, 0.15) is 25.8 Å². The second-order valence-corrected chi connectivity index (χ2v) is 6.19. The monoisotopic (exact) mass is 342 g/mol. The Morgan fingerprint density at radius 3 is 2.92 bits per heavy atom. The van der Waals surface area contributed by atoms with Crippen LogP contribution in [0.15, 0.2) is 47.6 Å². The number of halogens is 1. The molecule has 2 N–H and O–H groups in total. The van der Waals surface area contributed by atoms with Crippen molar-refractivity contribution in [3.8, 4) is 11.6 Å². The zero-order valence-electron chi connectivity index (χ0n) is 14.5. The van der Waals surface area contributed by atoms with Crippen LogP contribution in [0.3, 0.4) is 0 Å². The Morgan fingerprint density at radius 2 is 2.20 bits per heavy atom. The van der Waals surface area contributed by atoms with Crippen molar-refractivity contribution >= 4 is 5.96 Å². The maximum atomic E-state index is 13.3. The molecule has 0 saturated heterocycles. The molecule has 1 heterocycles. The van der Waals surface area contributed by atoms with Crippen LogP contribution in [0, 0.1) is 11.7 Å². The molecule has 132 valence electrons. The first-order chi connectivity index (χ1) is 12.2. The van der Waals surface area contributed by atoms with Crippen LogP contribution in [0.2, 0.25) is 0 Å². The second kappa shape index (κ2) is 7.96. The Labute approximate surface area is 147 Å². The van der Waals surface area contributed by atoms with E-state index in [1.807, 2.05) is 19.1 Å². The van der Waals surface area contributed by atoms with E-state index in [1.165, 1.54) is 18.6 Å². The summed E-state index contributed by atoms with van der Waals surface area (Å²) in [7, 11) is 0. The quantitative estimate of drug-likeness (QED) is 0.623. The van der Waals surface area contributed by atoms with Gasteiger partial charge in [0.05, 0.1) is 6.54 Å². The lowest BCUT2D eigenvalue weighted by Crippen LogP contribution is -2.39. The Kier molecular flexibility index (Phi) is 5.48. The average Bonchev–Trinajstić information content (AvgIpc) is 3.29. The van der Waals surface area contributed by atoms with E-state index < -0.39 is 0 Å². The maximum Gasteiger partial charge on any atom is 0.224 e. The third-order valence-corrected chi connectivity index (χ3v) is 4.04. The number of rotatable bonds is 6. The first kappa shape index (κ1) is 17.2. The third-order valence-electron chi connectivity index (χ3n) is 4.04. The van der Waals surface area contributed by atoms with Crippen molar-refractivity contribution < 1.29 is 9.13 Å². The number of benzene rings is 1. The molecule has 6 heteroatoms. The molecule has 1 aliphatic carbocycles. The van der Waals surface area contributed by atoms with E-state index in [1.54, 1.807) is 18.3 Å². The van der Waals surface area contributed by atoms with Gasteiger partial charge in [0, 0.05) is 30.4 Å². The normalized spacial score (nSPS) is 19.4. The molecule has 0 bridgehead atoms. The highest BCUT2D eigenvalue weighted by atomic mass is 19.1. The molecule has 2 atom stereocenters. The van der Waals surface area contributed by atoms with Gasteiger partial charge in [-0.1, -0.05) is 19.1 Å². The van der Waals surface area contributed by atoms with Crippen LogP contribution >= 0.6 is 0 Å². The topological polar surface area (TPSA) is 58.5 Å². The molecule has 0 amide bonds. The van der Waals surface area contributed by atoms with Gasteiger partial charge in [0.15, 0.2) is 5.96 Å². The number of pyridine rings is 1. The fourth-order valence-corrected chi connectivity index (χ4v) is 2.46. The van der Waals surface area contributed by atoms with Gasteiger partial charge in [0.1, 0.15) is 11.6 Å². The summed E-state index contributed by atoms with van der Waals surface area (Å²) >= 11 is 0. The highest BCUT2D eigenvalue weighted by Crippen LogP contribution is 2.29. The highest BCUT2D eigenvalue weighted by Gasteiger charge is 2.33. The molecule has 1 fully saturated rings. The van der Waals surface area contributed by atoms with Crippen molar-refractivity contribution in [1.82, 2.24) is 15.6 Å². The summed E-state index contributed by atoms with van der Waals surface area (Å²) in [6.07, 6.45) is 2.82. The van der Waals surface area contributed by atoms with E-state index in [-0.39, 0.29) is 5.82 Å². The minimum Gasteiger partial charge on any atom is -0.439 e. The molecule has 5 nitrogen and oxygen atoms in total. The summed E-state index contributed by atoms with van der Waals surface area (Å²) in [4.78, 5) is 8.88. The molecule has 2 unspecified atom stereocenters. The van der Waals surface area contributed by atoms with E-state index in [0.717, 1.165) is 18.1 Å². The van der Waals surface area contributed by atoms with Gasteiger partial charge in [0.2, 0.25) is 5.88 Å². The summed E-state index contributed by atoms with van der Waals surface area (Å²) in [5.41, 5.74) is 0.841. The zero-order chi connectivity index (χ0) is 17.6. The number of nitrogens with one attached hydrogen (secondary N) is 2. The molecule has 0 aliphatic heterocycles. The predicted octanol–water partition coefficient (Wildman–Crippen LogP) is 3.48. The van der Waals surface area contributed by atoms with Crippen molar-refractivity contribution in [3.05, 3.63) is 54.0 Å². The first-order valence-corrected chi connectivity index (χ1v) is 8.58. The van der Waals surface area contributed by atoms with E-state index in [2.05, 4.69) is 27.5 Å². The fraction of sp³-hybridized carbons (Fsp3) is 0.368. The van der Waals surface area contributed by atoms with Crippen LogP contribution in [0.5, 0.6) is 11.6 Å². The van der Waals surface area contributed by atoms with Crippen molar-refractivity contribution in [3.63, 3.8) is 0 Å². The summed E-state index contributed by atoms with van der Waals surface area (Å²) < 4.78 is 19.1. The number of guanidine groups is 1. The van der Waals surface area contributed by atoms with E-state index in [0.29, 0.717) is 30.1 Å². The van der Waals surface area contributed by atoms with Crippen LogP contribution in [0.25, 0.3) is 0 Å². The summed E-state index contributed by atoms with van der Waals surface area (Å²) in [6, 6.07) is 10.3. The lowest BCUT2D eigenvalue weighted by molar-refractivity contribution is 0.452. The van der Waals surface area contributed by atoms with Crippen molar-refractivity contribution in [2.75, 3.05) is 6.54 Å². The minimum absolute atomic E-state index is 0.342. The standard InChI is InChI=1S/C19H23FN4O/c1-3-21-19(24-17-10-13(17)2)23-12-14-6-5-9-22-18(14)25-16-8-4-7-15(20)11-16/h4-9,11,13,17H,3,10,12H2,1-2H3,(H2,21,23,24). The van der Waals surface area contributed by atoms with E-state index >= 15 is 0 Å². The summed E-state index contributed by atoms with van der Waals surface area (Å²) in [5, 5.41) is 6.67. The minimum atomic E-state index is -0.342. The number of hydrogen-bond acceptors (Lipinski definition) is 3. The third kappa shape index (κ3) is 4.92. The largest absolute Gasteiger partial charge is 0.439 e. The molecule has 25 heavy (non-hydrogen) atoms. The predicted molar refractivity (Wildman–Crippen MR) is 96.2 cm³/mol. The smallest absolute Gasteiger partial charge is 0.224 e. The lowest BCUT2D eigenvalue weighted by Gasteiger charge is -2.12. The molecule has 2 aromatic rings. The number of hydrogen-bond donors (Lipinski definition) is 2. The van der Waals surface area contributed by atoms with Gasteiger partial charge in [-0.3, -0.25) is 0 Å². The van der Waals surface area contributed by atoms with Gasteiger partial charge in [-0.05, 0) is 37.5 Å². The van der Waals surface area contributed by atoms with Crippen molar-refractivity contribution in [2.24, 2.45) is 10.9 Å². The SMILES string of the molecule is CCNC(=NCc1cccnc1Oc1cccc(F)c1)NC1CC1C. The molecule has 1 aromatic heterocycles. The summed E-state index contributed by atoms with van der Waals surface area (Å²) in [6.45, 7) is 5.48. The van der Waals surface area contributed by atoms with Crippen LogP contribution in [-0.4, -0.2) is 23.5 Å². The lowest BCUT2D eigenvalue weighted by atomic mass is 10.2. The fourth-order valence-electron chi connectivity index (χ4n) is 2.46. The highest BCUT2D eigenvalue weighted by molar-refractivity contribution is 5.80. The van der Waals surface area contributed by atoms with E-state index in [4.69, 9.17) is 4.74 Å². The number of ether oxygens (including phenoxy) is 1. The first-order valence-electron chi connectivity index (χ1n) is 8.58. The van der Waals surface area contributed by atoms with Gasteiger partial charge in [-0.25, -0.2) is 14.4 Å². The van der Waals surface area contributed by atoms with Crippen LogP contribution in [0.4, 0.5) is 4.39 Å². The number of aromatic nitrogens is 1. The molecule has 3 rings (SSSR count). The van der Waals surface area contributed by atoms with Gasteiger partial charge in [0.25, 0.3) is 0 Å². The number of nitrogens with zero attached hydrogens (tertiary/aromatic N) is 2. The molecular weight excluding hydrogens is 319 g/mol. The van der Waals surface area contributed by atoms with Gasteiger partial charge in [-0.15, -0.1) is 0 Å². The Morgan fingerprint density at radius 1 is 1.36 bits per heavy atom. The van der Waals surface area contributed by atoms with Gasteiger partial charge < -0.3 is 15.4 Å². The molecule has 1 aliphatic rings. The molecule has 1 saturated carbocycles. The zero-order valence-corrected chi connectivity index (χ0v) is 14.5. The summed E-state index contributed by atoms with van der Waals surface area (Å²) in [5.74, 6) is 1.99. The Balaban J connectivity index is 1.72. The average molecular weight is 342 g/mol. The number of aliphatic imine (C=N–C) groups is 1. The van der Waals surface area contributed by atoms with E-state index in [9.17, 15) is 4.39 Å². The Bertz CT molecular complexity index is 750. The molecule has 0 spiro atoms. The Hall–Kier alpha value is -2.63. The molecule has 0 radical (unpaired) electrons. The van der Waals surface area contributed by atoms with Gasteiger partial charge in [-0.2, -0.15) is 0 Å². The van der Waals surface area contributed by atoms with Crippen molar-refractivity contribution in [1.29, 1.82) is 0 Å². The van der Waals surface area contributed by atoms with Crippen molar-refractivity contribution in [2.45, 2.75) is 32.9 Å². The molecular formula is C19H23FN4O.